The van der Waals surface area contributed by atoms with Crippen LogP contribution in [0.4, 0.5) is 14.5 Å². The van der Waals surface area contributed by atoms with Crippen LogP contribution in [0.15, 0.2) is 36.6 Å². The van der Waals surface area contributed by atoms with Gasteiger partial charge in [0.1, 0.15) is 0 Å². The topological polar surface area (TPSA) is 62.7 Å². The second-order valence-electron chi connectivity index (χ2n) is 5.31. The molecule has 2 aromatic rings. The number of aliphatic hydroxyl groups is 1. The molecule has 1 aliphatic rings. The number of carbonyl (C=O) groups is 1. The molecule has 5 nitrogen and oxygen atoms in total. The van der Waals surface area contributed by atoms with Crippen LogP contribution in [0, 0.1) is 0 Å². The number of ether oxygens (including phenoxy) is 1. The maximum atomic E-state index is 14.1. The summed E-state index contributed by atoms with van der Waals surface area (Å²) in [5, 5.41) is 10.1. The van der Waals surface area contributed by atoms with Crippen LogP contribution in [0.2, 0.25) is 5.02 Å². The van der Waals surface area contributed by atoms with Crippen LogP contribution in [0.5, 0.6) is 5.75 Å². The van der Waals surface area contributed by atoms with Crippen LogP contribution in [0.25, 0.3) is 0 Å². The van der Waals surface area contributed by atoms with E-state index < -0.39 is 18.1 Å². The molecule has 1 atom stereocenters. The van der Waals surface area contributed by atoms with E-state index in [1.54, 1.807) is 0 Å². The lowest BCUT2D eigenvalue weighted by atomic mass is 10.1. The van der Waals surface area contributed by atoms with Crippen LogP contribution in [0.3, 0.4) is 0 Å². The van der Waals surface area contributed by atoms with Gasteiger partial charge in [0.2, 0.25) is 0 Å². The van der Waals surface area contributed by atoms with E-state index in [0.717, 1.165) is 4.90 Å². The minimum absolute atomic E-state index is 0.0624. The number of aromatic nitrogens is 1. The van der Waals surface area contributed by atoms with Gasteiger partial charge in [0.25, 0.3) is 0 Å². The number of nitrogens with zero attached hydrogens (tertiary/aromatic N) is 2. The van der Waals surface area contributed by atoms with Gasteiger partial charge in [-0.2, -0.15) is 8.78 Å². The van der Waals surface area contributed by atoms with Crippen molar-refractivity contribution in [3.8, 4) is 5.75 Å². The van der Waals surface area contributed by atoms with Gasteiger partial charge >= 0.3 is 12.0 Å². The van der Waals surface area contributed by atoms with Crippen molar-refractivity contribution < 1.29 is 24.8 Å². The number of carbonyl (C=O) groups excluding carboxylic acids is 1. The number of fused-ring (bicyclic) bond motifs is 1. The molecular weight excluding hydrogens is 342 g/mol. The normalized spacial score (nSPS) is 17.8. The Morgan fingerprint density at radius 3 is 2.96 bits per heavy atom. The first-order chi connectivity index (χ1) is 11.7. The van der Waals surface area contributed by atoms with Gasteiger partial charge in [-0.1, -0.05) is 23.7 Å². The molecule has 126 valence electrons. The molecule has 1 aliphatic heterocycles. The van der Waals surface area contributed by atoms with Gasteiger partial charge in [-0.15, -0.1) is 0 Å². The Hall–Kier alpha value is -2.25. The smallest absolute Gasteiger partial charge is 0.423 e. The molecule has 0 saturated heterocycles. The Kier molecular flexibility index (Phi) is 3.82. The molecule has 1 amide bonds. The number of alkyl halides is 2. The van der Waals surface area contributed by atoms with Gasteiger partial charge in [-0.05, 0) is 24.6 Å². The standard InChI is InChI=1S/C16H13ClF2N2O3/c1-9(22)12-3-2-4-13-14(12)24-16(18,19)15(23)21(13)8-10-5-11(17)7-20-6-10/h2-7,9,22H,8H2,1H3/i4D. The average Bonchev–Trinajstić information content (AvgIpc) is 2.51. The molecule has 1 N–H and O–H groups in total. The number of para-hydroxylation sites is 1. The van der Waals surface area contributed by atoms with Crippen molar-refractivity contribution in [1.29, 1.82) is 0 Å². The predicted molar refractivity (Wildman–Crippen MR) is 83.1 cm³/mol. The van der Waals surface area contributed by atoms with E-state index in [1.165, 1.54) is 37.5 Å². The Bertz CT molecular complexity index is 848. The SMILES string of the molecule is [2H]c1ccc(C(C)O)c2c1N(Cc1cncc(Cl)c1)C(=O)C(F)(F)O2. The highest BCUT2D eigenvalue weighted by atomic mass is 35.5. The zero-order valence-electron chi connectivity index (χ0n) is 13.5. The molecule has 8 heteroatoms. The fourth-order valence-electron chi connectivity index (χ4n) is 2.43. The predicted octanol–water partition coefficient (Wildman–Crippen LogP) is 3.31. The maximum absolute atomic E-state index is 14.1. The van der Waals surface area contributed by atoms with Gasteiger partial charge in [0.15, 0.2) is 5.75 Å². The number of rotatable bonds is 3. The van der Waals surface area contributed by atoms with Crippen molar-refractivity contribution in [1.82, 2.24) is 4.98 Å². The van der Waals surface area contributed by atoms with Gasteiger partial charge in [-0.3, -0.25) is 14.7 Å². The molecule has 1 unspecified atom stereocenters. The molecule has 0 spiro atoms. The van der Waals surface area contributed by atoms with Crippen LogP contribution in [-0.4, -0.2) is 22.1 Å². The molecule has 0 aliphatic carbocycles. The molecule has 1 aromatic heterocycles. The fourth-order valence-corrected chi connectivity index (χ4v) is 2.63. The molecule has 24 heavy (non-hydrogen) atoms. The van der Waals surface area contributed by atoms with Gasteiger partial charge < -0.3 is 9.84 Å². The number of halogens is 3. The minimum atomic E-state index is -4.11. The first-order valence-electron chi connectivity index (χ1n) is 7.50. The summed E-state index contributed by atoms with van der Waals surface area (Å²) in [5.41, 5.74) is 0.341. The third-order valence-electron chi connectivity index (χ3n) is 3.51. The summed E-state index contributed by atoms with van der Waals surface area (Å²) in [4.78, 5) is 16.8. The number of hydrogen-bond donors (Lipinski definition) is 1. The second-order valence-corrected chi connectivity index (χ2v) is 5.74. The highest BCUT2D eigenvalue weighted by Crippen LogP contribution is 2.44. The van der Waals surface area contributed by atoms with E-state index >= 15 is 0 Å². The number of amides is 1. The second kappa shape index (κ2) is 5.99. The Labute approximate surface area is 142 Å². The summed E-state index contributed by atoms with van der Waals surface area (Å²) < 4.78 is 40.7. The Balaban J connectivity index is 2.15. The monoisotopic (exact) mass is 355 g/mol. The number of pyridine rings is 1. The van der Waals surface area contributed by atoms with Crippen molar-refractivity contribution in [2.45, 2.75) is 25.7 Å². The molecule has 0 saturated carbocycles. The fraction of sp³-hybridized carbons (Fsp3) is 0.250. The van der Waals surface area contributed by atoms with E-state index in [1.807, 2.05) is 0 Å². The van der Waals surface area contributed by atoms with Crippen LogP contribution in [-0.2, 0) is 11.3 Å². The summed E-state index contributed by atoms with van der Waals surface area (Å²) in [7, 11) is 0. The lowest BCUT2D eigenvalue weighted by Gasteiger charge is -2.34. The highest BCUT2D eigenvalue weighted by Gasteiger charge is 2.51. The number of hydrogen-bond acceptors (Lipinski definition) is 4. The van der Waals surface area contributed by atoms with E-state index in [0.29, 0.717) is 5.56 Å². The summed E-state index contributed by atoms with van der Waals surface area (Å²) in [6.45, 7) is 1.11. The average molecular weight is 356 g/mol. The number of aliphatic hydroxyl groups excluding tert-OH is 1. The van der Waals surface area contributed by atoms with Crippen LogP contribution in [0.1, 0.15) is 25.5 Å². The molecule has 0 radical (unpaired) electrons. The first-order valence-corrected chi connectivity index (χ1v) is 7.38. The van der Waals surface area contributed by atoms with Crippen molar-refractivity contribution >= 4 is 23.2 Å². The van der Waals surface area contributed by atoms with Crippen LogP contribution < -0.4 is 9.64 Å². The number of anilines is 1. The maximum Gasteiger partial charge on any atom is 0.483 e. The summed E-state index contributed by atoms with van der Waals surface area (Å²) in [5.74, 6) is -1.99. The molecule has 2 heterocycles. The lowest BCUT2D eigenvalue weighted by molar-refractivity contribution is -0.193. The zero-order valence-corrected chi connectivity index (χ0v) is 13.2. The highest BCUT2D eigenvalue weighted by molar-refractivity contribution is 6.30. The lowest BCUT2D eigenvalue weighted by Crippen LogP contribution is -2.50. The quantitative estimate of drug-likeness (QED) is 0.917. The van der Waals surface area contributed by atoms with Crippen molar-refractivity contribution in [3.05, 3.63) is 52.8 Å². The molecule has 1 aromatic carbocycles. The molecule has 0 bridgehead atoms. The van der Waals surface area contributed by atoms with E-state index in [-0.39, 0.29) is 34.6 Å². The van der Waals surface area contributed by atoms with Gasteiger partial charge in [0.05, 0.1) is 24.7 Å². The molecule has 0 fully saturated rings. The summed E-state index contributed by atoms with van der Waals surface area (Å²) in [6.07, 6.45) is -2.48. The van der Waals surface area contributed by atoms with Crippen LogP contribution >= 0.6 is 11.6 Å². The Morgan fingerprint density at radius 2 is 2.29 bits per heavy atom. The van der Waals surface area contributed by atoms with Crippen molar-refractivity contribution in [2.24, 2.45) is 0 Å². The van der Waals surface area contributed by atoms with Gasteiger partial charge in [0, 0.05) is 18.0 Å². The Morgan fingerprint density at radius 1 is 1.54 bits per heavy atom. The minimum Gasteiger partial charge on any atom is -0.423 e. The summed E-state index contributed by atoms with van der Waals surface area (Å²) >= 11 is 5.84. The van der Waals surface area contributed by atoms with Crippen molar-refractivity contribution in [2.75, 3.05) is 4.90 Å². The summed E-state index contributed by atoms with van der Waals surface area (Å²) in [6, 6.07) is 3.93. The largest absolute Gasteiger partial charge is 0.483 e. The van der Waals surface area contributed by atoms with Crippen molar-refractivity contribution in [3.63, 3.8) is 0 Å². The van der Waals surface area contributed by atoms with E-state index in [4.69, 9.17) is 13.0 Å². The third kappa shape index (κ3) is 2.92. The number of benzene rings is 1. The zero-order chi connectivity index (χ0) is 18.4. The van der Waals surface area contributed by atoms with Gasteiger partial charge in [-0.25, -0.2) is 0 Å². The first kappa shape index (κ1) is 15.3. The molecular formula is C16H13ClF2N2O3. The van der Waals surface area contributed by atoms with E-state index in [9.17, 15) is 18.7 Å². The van der Waals surface area contributed by atoms with E-state index in [2.05, 4.69) is 9.72 Å². The third-order valence-corrected chi connectivity index (χ3v) is 3.71. The molecule has 3 rings (SSSR count).